The fourth-order valence-corrected chi connectivity index (χ4v) is 3.21. The van der Waals surface area contributed by atoms with E-state index in [0.717, 1.165) is 24.0 Å². The van der Waals surface area contributed by atoms with Crippen LogP contribution in [0.2, 0.25) is 0 Å². The van der Waals surface area contributed by atoms with Gasteiger partial charge in [-0.15, -0.1) is 5.10 Å². The van der Waals surface area contributed by atoms with E-state index in [1.807, 2.05) is 61.0 Å². The normalized spacial score (nSPS) is 13.4. The van der Waals surface area contributed by atoms with Crippen LogP contribution in [-0.4, -0.2) is 39.3 Å². The van der Waals surface area contributed by atoms with E-state index in [4.69, 9.17) is 9.47 Å². The van der Waals surface area contributed by atoms with Crippen molar-refractivity contribution in [1.29, 1.82) is 0 Å². The van der Waals surface area contributed by atoms with E-state index >= 15 is 0 Å². The molecule has 1 amide bonds. The average Bonchev–Trinajstić information content (AvgIpc) is 3.50. The number of ether oxygens (including phenoxy) is 2. The van der Waals surface area contributed by atoms with Gasteiger partial charge in [0, 0.05) is 17.3 Å². The number of hydrogen-bond acceptors (Lipinski definition) is 6. The van der Waals surface area contributed by atoms with Gasteiger partial charge in [0.2, 0.25) is 5.91 Å². The van der Waals surface area contributed by atoms with Crippen LogP contribution < -0.4 is 14.8 Å². The Labute approximate surface area is 180 Å². The predicted molar refractivity (Wildman–Crippen MR) is 118 cm³/mol. The number of nitrogens with one attached hydrogen (secondary N) is 1. The molecule has 1 heterocycles. The van der Waals surface area contributed by atoms with Gasteiger partial charge in [-0.2, -0.15) is 0 Å². The zero-order chi connectivity index (χ0) is 21.6. The van der Waals surface area contributed by atoms with Crippen molar-refractivity contribution in [2.75, 3.05) is 18.5 Å². The lowest BCUT2D eigenvalue weighted by molar-refractivity contribution is -0.111. The number of nitrogens with zero attached hydrogens (tertiary/aromatic N) is 4. The number of carbonyl (C=O) groups excluding carboxylic acids is 1. The van der Waals surface area contributed by atoms with Gasteiger partial charge in [-0.05, 0) is 73.0 Å². The number of amides is 1. The quantitative estimate of drug-likeness (QED) is 0.525. The summed E-state index contributed by atoms with van der Waals surface area (Å²) in [6.45, 7) is 4.94. The third-order valence-corrected chi connectivity index (χ3v) is 4.77. The van der Waals surface area contributed by atoms with Crippen LogP contribution in [0.5, 0.6) is 11.5 Å². The summed E-state index contributed by atoms with van der Waals surface area (Å²) in [6.07, 6.45) is 5.42. The standard InChI is InChI=1S/C23H25N5O3/c1-3-30-20-12-8-16(14-21(20)31-4-2)9-13-22(29)24-18-7-5-6-17(15-18)23-25-26-27-28(23)19-10-11-19/h5-9,12-15,19H,3-4,10-11H2,1-2H3,(H,24,29)/b13-9+. The summed E-state index contributed by atoms with van der Waals surface area (Å²) in [4.78, 5) is 12.4. The smallest absolute Gasteiger partial charge is 0.248 e. The van der Waals surface area contributed by atoms with Gasteiger partial charge in [0.25, 0.3) is 0 Å². The molecule has 8 heteroatoms. The molecule has 2 aromatic carbocycles. The van der Waals surface area contributed by atoms with Crippen LogP contribution in [0, 0.1) is 0 Å². The number of carbonyl (C=O) groups is 1. The van der Waals surface area contributed by atoms with Crippen molar-refractivity contribution in [3.63, 3.8) is 0 Å². The number of anilines is 1. The van der Waals surface area contributed by atoms with Gasteiger partial charge in [0.05, 0.1) is 19.3 Å². The molecule has 1 N–H and O–H groups in total. The maximum Gasteiger partial charge on any atom is 0.248 e. The highest BCUT2D eigenvalue weighted by Crippen LogP contribution is 2.36. The molecule has 0 radical (unpaired) electrons. The van der Waals surface area contributed by atoms with Gasteiger partial charge >= 0.3 is 0 Å². The first-order valence-corrected chi connectivity index (χ1v) is 10.4. The molecule has 1 aromatic heterocycles. The largest absolute Gasteiger partial charge is 0.490 e. The summed E-state index contributed by atoms with van der Waals surface area (Å²) < 4.78 is 13.1. The maximum absolute atomic E-state index is 12.4. The summed E-state index contributed by atoms with van der Waals surface area (Å²) in [5.41, 5.74) is 2.39. The van der Waals surface area contributed by atoms with Crippen molar-refractivity contribution in [3.05, 3.63) is 54.1 Å². The predicted octanol–water partition coefficient (Wildman–Crippen LogP) is 4.12. The molecule has 1 aliphatic rings. The molecular formula is C23H25N5O3. The zero-order valence-electron chi connectivity index (χ0n) is 17.6. The second-order valence-electron chi connectivity index (χ2n) is 7.15. The summed E-state index contributed by atoms with van der Waals surface area (Å²) in [5, 5.41) is 14.9. The Kier molecular flexibility index (Phi) is 6.26. The second-order valence-corrected chi connectivity index (χ2v) is 7.15. The number of tetrazole rings is 1. The average molecular weight is 419 g/mol. The summed E-state index contributed by atoms with van der Waals surface area (Å²) in [7, 11) is 0. The number of hydrogen-bond donors (Lipinski definition) is 1. The zero-order valence-corrected chi connectivity index (χ0v) is 17.6. The van der Waals surface area contributed by atoms with Crippen LogP contribution in [0.1, 0.15) is 38.3 Å². The highest BCUT2D eigenvalue weighted by molar-refractivity contribution is 6.02. The lowest BCUT2D eigenvalue weighted by Gasteiger charge is -2.11. The van der Waals surface area contributed by atoms with E-state index in [0.29, 0.717) is 42.3 Å². The van der Waals surface area contributed by atoms with Crippen molar-refractivity contribution < 1.29 is 14.3 Å². The molecule has 8 nitrogen and oxygen atoms in total. The maximum atomic E-state index is 12.4. The van der Waals surface area contributed by atoms with Gasteiger partial charge in [-0.1, -0.05) is 18.2 Å². The van der Waals surface area contributed by atoms with Crippen molar-refractivity contribution in [2.24, 2.45) is 0 Å². The molecule has 4 rings (SSSR count). The first kappa shape index (κ1) is 20.6. The van der Waals surface area contributed by atoms with Crippen LogP contribution in [-0.2, 0) is 4.79 Å². The number of aromatic nitrogens is 4. The van der Waals surface area contributed by atoms with Gasteiger partial charge in [-0.25, -0.2) is 4.68 Å². The second kappa shape index (κ2) is 9.42. The van der Waals surface area contributed by atoms with Crippen molar-refractivity contribution in [2.45, 2.75) is 32.7 Å². The van der Waals surface area contributed by atoms with Gasteiger partial charge < -0.3 is 14.8 Å². The van der Waals surface area contributed by atoms with Crippen molar-refractivity contribution in [3.8, 4) is 22.9 Å². The molecule has 31 heavy (non-hydrogen) atoms. The van der Waals surface area contributed by atoms with Gasteiger partial charge in [-0.3, -0.25) is 4.79 Å². The Bertz CT molecular complexity index is 1090. The van der Waals surface area contributed by atoms with Gasteiger partial charge in [0.1, 0.15) is 0 Å². The van der Waals surface area contributed by atoms with Crippen LogP contribution in [0.4, 0.5) is 5.69 Å². The summed E-state index contributed by atoms with van der Waals surface area (Å²) in [5.74, 6) is 1.84. The van der Waals surface area contributed by atoms with E-state index in [-0.39, 0.29) is 5.91 Å². The molecule has 0 aliphatic heterocycles. The van der Waals surface area contributed by atoms with E-state index in [1.54, 1.807) is 6.08 Å². The molecular weight excluding hydrogens is 394 g/mol. The van der Waals surface area contributed by atoms with Crippen molar-refractivity contribution in [1.82, 2.24) is 20.2 Å². The summed E-state index contributed by atoms with van der Waals surface area (Å²) >= 11 is 0. The molecule has 160 valence electrons. The van der Waals surface area contributed by atoms with Gasteiger partial charge in [0.15, 0.2) is 17.3 Å². The highest BCUT2D eigenvalue weighted by atomic mass is 16.5. The van der Waals surface area contributed by atoms with E-state index in [2.05, 4.69) is 20.8 Å². The Morgan fingerprint density at radius 3 is 2.71 bits per heavy atom. The minimum atomic E-state index is -0.231. The third-order valence-electron chi connectivity index (χ3n) is 4.77. The Balaban J connectivity index is 1.45. The number of benzene rings is 2. The molecule has 0 saturated heterocycles. The molecule has 3 aromatic rings. The SMILES string of the molecule is CCOc1ccc(/C=C/C(=O)Nc2cccc(-c3nnnn3C3CC3)c2)cc1OCC. The number of rotatable bonds is 9. The highest BCUT2D eigenvalue weighted by Gasteiger charge is 2.28. The third kappa shape index (κ3) is 5.09. The lowest BCUT2D eigenvalue weighted by Crippen LogP contribution is -2.08. The molecule has 0 spiro atoms. The monoisotopic (exact) mass is 419 g/mol. The van der Waals surface area contributed by atoms with Crippen LogP contribution in [0.3, 0.4) is 0 Å². The molecule has 0 atom stereocenters. The molecule has 0 bridgehead atoms. The molecule has 0 unspecified atom stereocenters. The van der Waals surface area contributed by atoms with E-state index in [9.17, 15) is 4.79 Å². The fraction of sp³-hybridized carbons (Fsp3) is 0.304. The van der Waals surface area contributed by atoms with E-state index in [1.165, 1.54) is 6.08 Å². The topological polar surface area (TPSA) is 91.2 Å². The van der Waals surface area contributed by atoms with Crippen LogP contribution in [0.25, 0.3) is 17.5 Å². The molecule has 1 saturated carbocycles. The minimum absolute atomic E-state index is 0.231. The summed E-state index contributed by atoms with van der Waals surface area (Å²) in [6, 6.07) is 13.5. The Hall–Kier alpha value is -3.68. The minimum Gasteiger partial charge on any atom is -0.490 e. The first-order chi connectivity index (χ1) is 15.2. The lowest BCUT2D eigenvalue weighted by atomic mass is 10.1. The molecule has 1 fully saturated rings. The fourth-order valence-electron chi connectivity index (χ4n) is 3.21. The molecule has 1 aliphatic carbocycles. The van der Waals surface area contributed by atoms with Crippen LogP contribution in [0.15, 0.2) is 48.5 Å². The first-order valence-electron chi connectivity index (χ1n) is 10.4. The van der Waals surface area contributed by atoms with E-state index < -0.39 is 0 Å². The van der Waals surface area contributed by atoms with Crippen molar-refractivity contribution >= 4 is 17.7 Å². The Morgan fingerprint density at radius 1 is 1.13 bits per heavy atom. The van der Waals surface area contributed by atoms with Crippen LogP contribution >= 0.6 is 0 Å². The Morgan fingerprint density at radius 2 is 1.94 bits per heavy atom.